The van der Waals surface area contributed by atoms with E-state index in [2.05, 4.69) is 35.3 Å². The van der Waals surface area contributed by atoms with Gasteiger partial charge in [0.15, 0.2) is 0 Å². The van der Waals surface area contributed by atoms with Crippen molar-refractivity contribution in [3.05, 3.63) is 83.3 Å². The number of carbonyl (C=O) groups excluding carboxylic acids is 2. The molecular formula is C34H37FN8O3. The first-order valence-electron chi connectivity index (χ1n) is 16.0. The Morgan fingerprint density at radius 1 is 0.870 bits per heavy atom. The van der Waals surface area contributed by atoms with Crippen molar-refractivity contribution in [3.8, 4) is 5.69 Å². The second-order valence-corrected chi connectivity index (χ2v) is 12.3. The number of para-hydroxylation sites is 1. The van der Waals surface area contributed by atoms with Gasteiger partial charge in [-0.3, -0.25) is 29.2 Å². The summed E-state index contributed by atoms with van der Waals surface area (Å²) >= 11 is 0. The summed E-state index contributed by atoms with van der Waals surface area (Å²) in [5.41, 5.74) is 2.38. The van der Waals surface area contributed by atoms with E-state index in [1.54, 1.807) is 30.7 Å². The van der Waals surface area contributed by atoms with E-state index in [0.717, 1.165) is 64.5 Å². The normalized spacial score (nSPS) is 19.8. The molecule has 2 N–H and O–H groups in total. The molecule has 5 heterocycles. The molecule has 1 unspecified atom stereocenters. The number of rotatable bonds is 7. The lowest BCUT2D eigenvalue weighted by molar-refractivity contribution is -0.133. The molecule has 238 valence electrons. The van der Waals surface area contributed by atoms with Crippen LogP contribution in [0.2, 0.25) is 0 Å². The Hall–Kier alpha value is -4.84. The molecule has 11 nitrogen and oxygen atoms in total. The Morgan fingerprint density at radius 2 is 1.67 bits per heavy atom. The molecule has 2 amide bonds. The van der Waals surface area contributed by atoms with Crippen molar-refractivity contribution in [2.75, 3.05) is 60.9 Å². The molecule has 3 aliphatic heterocycles. The highest BCUT2D eigenvalue weighted by Crippen LogP contribution is 2.29. The molecule has 0 spiro atoms. The van der Waals surface area contributed by atoms with E-state index in [4.69, 9.17) is 0 Å². The third-order valence-corrected chi connectivity index (χ3v) is 9.37. The van der Waals surface area contributed by atoms with E-state index in [1.807, 2.05) is 30.3 Å². The Balaban J connectivity index is 0.880. The summed E-state index contributed by atoms with van der Waals surface area (Å²) in [5, 5.41) is 5.96. The SMILES string of the molecule is O=C1CCC(Nc2ccc(N3CCC(CN4CCN(c5ccc(-n6cnc7ccccc7c6=O)cn5)CC4)CC3)c(F)c2)C(=O)N1. The summed E-state index contributed by atoms with van der Waals surface area (Å²) in [6, 6.07) is 15.7. The van der Waals surface area contributed by atoms with Gasteiger partial charge in [0.2, 0.25) is 11.8 Å². The van der Waals surface area contributed by atoms with E-state index in [-0.39, 0.29) is 29.6 Å². The van der Waals surface area contributed by atoms with Crippen LogP contribution in [0.15, 0.2) is 71.9 Å². The number of nitrogens with one attached hydrogen (secondary N) is 2. The maximum absolute atomic E-state index is 15.1. The first-order chi connectivity index (χ1) is 22.4. The second-order valence-electron chi connectivity index (χ2n) is 12.3. The molecule has 3 saturated heterocycles. The molecular weight excluding hydrogens is 587 g/mol. The average molecular weight is 625 g/mol. The lowest BCUT2D eigenvalue weighted by Crippen LogP contribution is -2.49. The van der Waals surface area contributed by atoms with Crippen molar-refractivity contribution in [2.24, 2.45) is 5.92 Å². The fourth-order valence-corrected chi connectivity index (χ4v) is 6.73. The number of carbonyl (C=O) groups is 2. The van der Waals surface area contributed by atoms with E-state index >= 15 is 4.39 Å². The minimum absolute atomic E-state index is 0.109. The Morgan fingerprint density at radius 3 is 2.41 bits per heavy atom. The van der Waals surface area contributed by atoms with Crippen LogP contribution in [-0.4, -0.2) is 83.1 Å². The molecule has 0 aliphatic carbocycles. The van der Waals surface area contributed by atoms with Gasteiger partial charge < -0.3 is 15.1 Å². The van der Waals surface area contributed by atoms with Crippen LogP contribution in [0.25, 0.3) is 16.6 Å². The number of halogens is 1. The van der Waals surface area contributed by atoms with Crippen LogP contribution in [0.1, 0.15) is 25.7 Å². The van der Waals surface area contributed by atoms with Crippen LogP contribution in [0.5, 0.6) is 0 Å². The predicted octanol–water partition coefficient (Wildman–Crippen LogP) is 3.18. The quantitative estimate of drug-likeness (QED) is 0.299. The van der Waals surface area contributed by atoms with Crippen molar-refractivity contribution >= 4 is 39.9 Å². The number of amides is 2. The molecule has 12 heteroatoms. The minimum Gasteiger partial charge on any atom is -0.374 e. The van der Waals surface area contributed by atoms with Crippen LogP contribution in [0.4, 0.5) is 21.6 Å². The molecule has 1 atom stereocenters. The lowest BCUT2D eigenvalue weighted by atomic mass is 9.95. The van der Waals surface area contributed by atoms with Gasteiger partial charge in [-0.25, -0.2) is 14.4 Å². The molecule has 2 aromatic carbocycles. The van der Waals surface area contributed by atoms with Crippen molar-refractivity contribution in [3.63, 3.8) is 0 Å². The van der Waals surface area contributed by atoms with E-state index < -0.39 is 6.04 Å². The number of pyridine rings is 1. The molecule has 0 radical (unpaired) electrons. The van der Waals surface area contributed by atoms with Crippen molar-refractivity contribution in [1.82, 2.24) is 24.8 Å². The summed E-state index contributed by atoms with van der Waals surface area (Å²) in [7, 11) is 0. The maximum atomic E-state index is 15.1. The second kappa shape index (κ2) is 12.9. The van der Waals surface area contributed by atoms with Crippen molar-refractivity contribution in [2.45, 2.75) is 31.7 Å². The third kappa shape index (κ3) is 6.30. The Kier molecular flexibility index (Phi) is 8.35. The topological polar surface area (TPSA) is 116 Å². The van der Waals surface area contributed by atoms with E-state index in [9.17, 15) is 14.4 Å². The Labute approximate surface area is 266 Å². The molecule has 4 aromatic rings. The highest BCUT2D eigenvalue weighted by atomic mass is 19.1. The van der Waals surface area contributed by atoms with Crippen LogP contribution < -0.4 is 26.0 Å². The van der Waals surface area contributed by atoms with Crippen molar-refractivity contribution < 1.29 is 14.0 Å². The third-order valence-electron chi connectivity index (χ3n) is 9.37. The summed E-state index contributed by atoms with van der Waals surface area (Å²) in [4.78, 5) is 52.4. The van der Waals surface area contributed by atoms with Gasteiger partial charge in [-0.15, -0.1) is 0 Å². The molecule has 46 heavy (non-hydrogen) atoms. The average Bonchev–Trinajstić information content (AvgIpc) is 3.07. The maximum Gasteiger partial charge on any atom is 0.265 e. The standard InChI is InChI=1S/C34H37FN8O3/c35-27-19-24(38-29-7-10-32(44)39-33(29)45)5-8-30(27)41-13-11-23(12-14-41)21-40-15-17-42(18-16-40)31-9-6-25(20-36-31)43-22-37-28-4-2-1-3-26(28)34(43)46/h1-6,8-9,19-20,22-23,29,38H,7,10-18,21H2,(H,39,44,45). The van der Waals surface area contributed by atoms with Gasteiger partial charge in [0.1, 0.15) is 24.0 Å². The minimum atomic E-state index is -0.538. The summed E-state index contributed by atoms with van der Waals surface area (Å²) in [6.07, 6.45) is 5.97. The van der Waals surface area contributed by atoms with Gasteiger partial charge in [0.05, 0.1) is 28.5 Å². The molecule has 0 bridgehead atoms. The molecule has 3 fully saturated rings. The zero-order valence-electron chi connectivity index (χ0n) is 25.6. The van der Waals surface area contributed by atoms with Crippen LogP contribution >= 0.6 is 0 Å². The van der Waals surface area contributed by atoms with Crippen LogP contribution in [-0.2, 0) is 9.59 Å². The van der Waals surface area contributed by atoms with Crippen molar-refractivity contribution in [1.29, 1.82) is 0 Å². The van der Waals surface area contributed by atoms with E-state index in [1.165, 1.54) is 10.6 Å². The summed E-state index contributed by atoms with van der Waals surface area (Å²) in [5.74, 6) is 0.508. The van der Waals surface area contributed by atoms with Crippen LogP contribution in [0.3, 0.4) is 0 Å². The van der Waals surface area contributed by atoms with Crippen LogP contribution in [0, 0.1) is 11.7 Å². The van der Waals surface area contributed by atoms with Gasteiger partial charge in [0, 0.05) is 57.9 Å². The molecule has 2 aromatic heterocycles. The molecule has 0 saturated carbocycles. The van der Waals surface area contributed by atoms with E-state index in [0.29, 0.717) is 40.3 Å². The van der Waals surface area contributed by atoms with Gasteiger partial charge >= 0.3 is 0 Å². The van der Waals surface area contributed by atoms with Gasteiger partial charge in [-0.1, -0.05) is 12.1 Å². The smallest absolute Gasteiger partial charge is 0.265 e. The number of nitrogens with zero attached hydrogens (tertiary/aromatic N) is 6. The first kappa shape index (κ1) is 29.8. The monoisotopic (exact) mass is 624 g/mol. The fraction of sp³-hybridized carbons (Fsp3) is 0.382. The number of imide groups is 1. The zero-order valence-corrected chi connectivity index (χ0v) is 25.6. The number of hydrogen-bond acceptors (Lipinski definition) is 9. The predicted molar refractivity (Wildman–Crippen MR) is 175 cm³/mol. The number of anilines is 3. The first-order valence-corrected chi connectivity index (χ1v) is 16.0. The molecule has 7 rings (SSSR count). The number of piperazine rings is 1. The highest BCUT2D eigenvalue weighted by Gasteiger charge is 2.28. The lowest BCUT2D eigenvalue weighted by Gasteiger charge is -2.39. The number of fused-ring (bicyclic) bond motifs is 1. The molecule has 3 aliphatic rings. The number of benzene rings is 2. The highest BCUT2D eigenvalue weighted by molar-refractivity contribution is 6.01. The number of aromatic nitrogens is 3. The van der Waals surface area contributed by atoms with Gasteiger partial charge in [-0.05, 0) is 67.6 Å². The summed E-state index contributed by atoms with van der Waals surface area (Å²) < 4.78 is 16.6. The largest absolute Gasteiger partial charge is 0.374 e. The fourth-order valence-electron chi connectivity index (χ4n) is 6.73. The Bertz CT molecular complexity index is 1800. The number of hydrogen-bond donors (Lipinski definition) is 2. The van der Waals surface area contributed by atoms with Gasteiger partial charge in [-0.2, -0.15) is 0 Å². The zero-order chi connectivity index (χ0) is 31.6. The van der Waals surface area contributed by atoms with Gasteiger partial charge in [0.25, 0.3) is 5.56 Å². The number of piperidine rings is 2. The summed E-state index contributed by atoms with van der Waals surface area (Å²) in [6.45, 7) is 6.30.